The van der Waals surface area contributed by atoms with Crippen molar-refractivity contribution in [3.63, 3.8) is 0 Å². The van der Waals surface area contributed by atoms with E-state index in [-0.39, 0.29) is 11.7 Å². The highest BCUT2D eigenvalue weighted by Gasteiger charge is 2.08. The fourth-order valence-electron chi connectivity index (χ4n) is 1.62. The summed E-state index contributed by atoms with van der Waals surface area (Å²) in [6.45, 7) is -0.245. The van der Waals surface area contributed by atoms with Crippen LogP contribution in [0.25, 0.3) is 0 Å². The Morgan fingerprint density at radius 3 is 2.55 bits per heavy atom. The first-order valence-electron chi connectivity index (χ1n) is 6.42. The molecule has 1 rings (SSSR count). The lowest BCUT2D eigenvalue weighted by Crippen LogP contribution is -2.24. The molecule has 20 heavy (non-hydrogen) atoms. The van der Waals surface area contributed by atoms with Crippen molar-refractivity contribution >= 4 is 17.5 Å². The molecule has 6 heteroatoms. The Morgan fingerprint density at radius 2 is 2.00 bits per heavy atom. The van der Waals surface area contributed by atoms with Gasteiger partial charge < -0.3 is 10.1 Å². The van der Waals surface area contributed by atoms with Crippen LogP contribution in [0.3, 0.4) is 0 Å². The number of alkyl halides is 3. The van der Waals surface area contributed by atoms with Crippen LogP contribution in [0.2, 0.25) is 0 Å². The van der Waals surface area contributed by atoms with E-state index in [4.69, 9.17) is 11.6 Å². The van der Waals surface area contributed by atoms with Gasteiger partial charge in [0.15, 0.2) is 0 Å². The van der Waals surface area contributed by atoms with Crippen molar-refractivity contribution < 1.29 is 18.3 Å². The average molecular weight is 306 g/mol. The normalized spacial score (nSPS) is 12.2. The lowest BCUT2D eigenvalue weighted by molar-refractivity contribution is -0.0498. The van der Waals surface area contributed by atoms with E-state index >= 15 is 0 Å². The van der Waals surface area contributed by atoms with Gasteiger partial charge in [-0.2, -0.15) is 8.78 Å². The van der Waals surface area contributed by atoms with Crippen LogP contribution in [-0.2, 0) is 0 Å². The van der Waals surface area contributed by atoms with Crippen molar-refractivity contribution in [1.82, 2.24) is 5.32 Å². The average Bonchev–Trinajstić information content (AvgIpc) is 2.43. The lowest BCUT2D eigenvalue weighted by atomic mass is 10.1. The molecule has 0 fully saturated rings. The van der Waals surface area contributed by atoms with Crippen molar-refractivity contribution in [3.8, 4) is 5.75 Å². The van der Waals surface area contributed by atoms with Gasteiger partial charge in [-0.1, -0.05) is 6.92 Å². The van der Waals surface area contributed by atoms with Crippen molar-refractivity contribution in [1.29, 1.82) is 0 Å². The predicted molar refractivity (Wildman–Crippen MR) is 74.5 cm³/mol. The third-order valence-electron chi connectivity index (χ3n) is 2.76. The minimum absolute atomic E-state index is 0.0347. The smallest absolute Gasteiger partial charge is 0.387 e. The Kier molecular flexibility index (Phi) is 7.30. The number of hydrogen-bond acceptors (Lipinski definition) is 2. The summed E-state index contributed by atoms with van der Waals surface area (Å²) in [6, 6.07) is 5.59. The molecule has 1 amide bonds. The Hall–Kier alpha value is -1.36. The number of hydrogen-bond donors (Lipinski definition) is 1. The highest BCUT2D eigenvalue weighted by atomic mass is 35.5. The zero-order valence-electron chi connectivity index (χ0n) is 11.2. The summed E-state index contributed by atoms with van der Waals surface area (Å²) in [7, 11) is 0. The van der Waals surface area contributed by atoms with Gasteiger partial charge in [0.2, 0.25) is 0 Å². The number of halogens is 3. The number of nitrogens with one attached hydrogen (secondary N) is 1. The van der Waals surface area contributed by atoms with Crippen molar-refractivity contribution in [2.75, 3.05) is 12.4 Å². The molecular formula is C14H18ClF2NO2. The molecule has 0 aromatic heterocycles. The molecule has 1 unspecified atom stereocenters. The number of rotatable bonds is 8. The molecule has 0 saturated heterocycles. The van der Waals surface area contributed by atoms with Crippen LogP contribution in [0.15, 0.2) is 24.3 Å². The topological polar surface area (TPSA) is 38.3 Å². The highest BCUT2D eigenvalue weighted by molar-refractivity contribution is 6.18. The van der Waals surface area contributed by atoms with E-state index in [1.807, 2.05) is 0 Å². The number of carbonyl (C=O) groups is 1. The molecule has 0 aliphatic carbocycles. The van der Waals surface area contributed by atoms with Crippen LogP contribution in [0.4, 0.5) is 8.78 Å². The summed E-state index contributed by atoms with van der Waals surface area (Å²) in [5.74, 6) is 0.846. The summed E-state index contributed by atoms with van der Waals surface area (Å²) < 4.78 is 28.1. The first-order valence-corrected chi connectivity index (χ1v) is 6.95. The molecule has 0 bridgehead atoms. The standard InChI is InChI=1S/C14H18ClF2NO2/c1-10(9-15)3-2-8-18-13(19)11-4-6-12(7-5-11)20-14(16)17/h4-7,10,14H,2-3,8-9H2,1H3,(H,18,19). The Labute approximate surface area is 122 Å². The maximum Gasteiger partial charge on any atom is 0.387 e. The van der Waals surface area contributed by atoms with Crippen LogP contribution < -0.4 is 10.1 Å². The van der Waals surface area contributed by atoms with Crippen molar-refractivity contribution in [2.45, 2.75) is 26.4 Å². The highest BCUT2D eigenvalue weighted by Crippen LogP contribution is 2.14. The Morgan fingerprint density at radius 1 is 1.35 bits per heavy atom. The maximum absolute atomic E-state index is 12.0. The van der Waals surface area contributed by atoms with E-state index in [2.05, 4.69) is 17.0 Å². The molecule has 0 radical (unpaired) electrons. The van der Waals surface area contributed by atoms with Crippen molar-refractivity contribution in [3.05, 3.63) is 29.8 Å². The van der Waals surface area contributed by atoms with Crippen LogP contribution in [-0.4, -0.2) is 24.9 Å². The minimum atomic E-state index is -2.86. The van der Waals surface area contributed by atoms with E-state index in [1.165, 1.54) is 24.3 Å². The molecule has 112 valence electrons. The van der Waals surface area contributed by atoms with Gasteiger partial charge in [0, 0.05) is 18.0 Å². The number of amides is 1. The molecule has 1 aromatic rings. The van der Waals surface area contributed by atoms with Gasteiger partial charge in [0.1, 0.15) is 5.75 Å². The molecule has 0 heterocycles. The van der Waals surface area contributed by atoms with Gasteiger partial charge in [-0.3, -0.25) is 4.79 Å². The second kappa shape index (κ2) is 8.74. The summed E-state index contributed by atoms with van der Waals surface area (Å²) in [4.78, 5) is 11.8. The fraction of sp³-hybridized carbons (Fsp3) is 0.500. The van der Waals surface area contributed by atoms with Crippen LogP contribution in [0.5, 0.6) is 5.75 Å². The third-order valence-corrected chi connectivity index (χ3v) is 3.29. The van der Waals surface area contributed by atoms with Crippen LogP contribution in [0, 0.1) is 5.92 Å². The first kappa shape index (κ1) is 16.7. The predicted octanol–water partition coefficient (Wildman–Crippen LogP) is 3.67. The van der Waals surface area contributed by atoms with Gasteiger partial charge in [0.05, 0.1) is 0 Å². The van der Waals surface area contributed by atoms with E-state index in [1.54, 1.807) is 0 Å². The van der Waals surface area contributed by atoms with Gasteiger partial charge in [-0.05, 0) is 43.0 Å². The molecular weight excluding hydrogens is 288 g/mol. The summed E-state index contributed by atoms with van der Waals surface area (Å²) in [5.41, 5.74) is 0.414. The number of carbonyl (C=O) groups excluding carboxylic acids is 1. The van der Waals surface area contributed by atoms with E-state index < -0.39 is 6.61 Å². The zero-order chi connectivity index (χ0) is 15.0. The molecule has 3 nitrogen and oxygen atoms in total. The molecule has 0 saturated carbocycles. The molecule has 0 aliphatic rings. The summed E-state index contributed by atoms with van der Waals surface area (Å²) >= 11 is 5.69. The SMILES string of the molecule is CC(CCl)CCCNC(=O)c1ccc(OC(F)F)cc1. The first-order chi connectivity index (χ1) is 9.52. The molecule has 1 aromatic carbocycles. The van der Waals surface area contributed by atoms with Crippen molar-refractivity contribution in [2.24, 2.45) is 5.92 Å². The summed E-state index contributed by atoms with van der Waals surface area (Å²) in [5, 5.41) is 2.77. The Bertz CT molecular complexity index is 412. The molecule has 1 atom stereocenters. The van der Waals surface area contributed by atoms with Gasteiger partial charge in [-0.25, -0.2) is 0 Å². The Balaban J connectivity index is 2.36. The number of ether oxygens (including phenoxy) is 1. The van der Waals surface area contributed by atoms with E-state index in [9.17, 15) is 13.6 Å². The van der Waals surface area contributed by atoms with E-state index in [0.717, 1.165) is 12.8 Å². The lowest BCUT2D eigenvalue weighted by Gasteiger charge is -2.09. The quantitative estimate of drug-likeness (QED) is 0.588. The number of benzene rings is 1. The largest absolute Gasteiger partial charge is 0.435 e. The van der Waals surface area contributed by atoms with Crippen LogP contribution in [0.1, 0.15) is 30.1 Å². The van der Waals surface area contributed by atoms with Crippen LogP contribution >= 0.6 is 11.6 Å². The zero-order valence-corrected chi connectivity index (χ0v) is 12.0. The second-order valence-corrected chi connectivity index (χ2v) is 4.87. The molecule has 0 spiro atoms. The summed E-state index contributed by atoms with van der Waals surface area (Å²) in [6.07, 6.45) is 1.80. The maximum atomic E-state index is 12.0. The minimum Gasteiger partial charge on any atom is -0.435 e. The fourth-order valence-corrected chi connectivity index (χ4v) is 1.77. The van der Waals surface area contributed by atoms with Gasteiger partial charge in [0.25, 0.3) is 5.91 Å². The molecule has 0 aliphatic heterocycles. The van der Waals surface area contributed by atoms with E-state index in [0.29, 0.717) is 23.9 Å². The van der Waals surface area contributed by atoms with Gasteiger partial charge in [-0.15, -0.1) is 11.6 Å². The monoisotopic (exact) mass is 305 g/mol. The third kappa shape index (κ3) is 6.19. The van der Waals surface area contributed by atoms with Gasteiger partial charge >= 0.3 is 6.61 Å². The second-order valence-electron chi connectivity index (χ2n) is 4.56. The molecule has 1 N–H and O–H groups in total.